The molecule has 0 atom stereocenters. The third-order valence-corrected chi connectivity index (χ3v) is 4.84. The van der Waals surface area contributed by atoms with E-state index in [0.29, 0.717) is 20.9 Å². The second kappa shape index (κ2) is 7.13. The van der Waals surface area contributed by atoms with Crippen LogP contribution in [0.5, 0.6) is 5.75 Å². The van der Waals surface area contributed by atoms with E-state index in [0.717, 1.165) is 11.3 Å². The third-order valence-electron chi connectivity index (χ3n) is 3.89. The molecule has 4 rings (SSSR count). The zero-order valence-corrected chi connectivity index (χ0v) is 15.1. The van der Waals surface area contributed by atoms with Gasteiger partial charge in [-0.2, -0.15) is 9.50 Å². The van der Waals surface area contributed by atoms with Gasteiger partial charge in [0.05, 0.1) is 11.6 Å². The van der Waals surface area contributed by atoms with Crippen LogP contribution in [0.4, 0.5) is 4.39 Å². The zero-order chi connectivity index (χ0) is 18.8. The van der Waals surface area contributed by atoms with Gasteiger partial charge in [-0.25, -0.2) is 4.39 Å². The van der Waals surface area contributed by atoms with E-state index < -0.39 is 0 Å². The van der Waals surface area contributed by atoms with Crippen molar-refractivity contribution in [1.82, 2.24) is 14.6 Å². The Labute approximate surface area is 157 Å². The summed E-state index contributed by atoms with van der Waals surface area (Å²) in [5.74, 6) is 0.888. The molecule has 0 spiro atoms. The first-order chi connectivity index (χ1) is 13.1. The molecule has 0 N–H and O–H groups in total. The summed E-state index contributed by atoms with van der Waals surface area (Å²) in [5.41, 5.74) is 1.32. The van der Waals surface area contributed by atoms with E-state index >= 15 is 0 Å². The smallest absolute Gasteiger partial charge is 0.291 e. The summed E-state index contributed by atoms with van der Waals surface area (Å²) in [7, 11) is 1.62. The highest BCUT2D eigenvalue weighted by molar-refractivity contribution is 7.15. The molecule has 4 aromatic rings. The van der Waals surface area contributed by atoms with Crippen LogP contribution in [0, 0.1) is 5.82 Å². The minimum atomic E-state index is -0.346. The molecule has 0 amide bonds. The van der Waals surface area contributed by atoms with E-state index in [1.807, 2.05) is 30.3 Å². The van der Waals surface area contributed by atoms with E-state index in [9.17, 15) is 9.18 Å². The number of thiazole rings is 1. The van der Waals surface area contributed by atoms with Crippen molar-refractivity contribution >= 4 is 34.5 Å². The van der Waals surface area contributed by atoms with Gasteiger partial charge in [-0.15, -0.1) is 5.10 Å². The van der Waals surface area contributed by atoms with Gasteiger partial charge < -0.3 is 4.74 Å². The molecule has 5 nitrogen and oxygen atoms in total. The SMILES string of the molecule is COc1ccc(/C=C/c2nc3s/c(=C/c4cccc(F)c4)c(=O)n3n2)cc1. The number of hydrogen-bond donors (Lipinski definition) is 0. The van der Waals surface area contributed by atoms with Crippen molar-refractivity contribution in [3.05, 3.63) is 86.2 Å². The van der Waals surface area contributed by atoms with Crippen molar-refractivity contribution in [2.24, 2.45) is 0 Å². The van der Waals surface area contributed by atoms with E-state index in [1.54, 1.807) is 31.4 Å². The first-order valence-corrected chi connectivity index (χ1v) is 8.93. The molecule has 0 saturated heterocycles. The third kappa shape index (κ3) is 3.63. The van der Waals surface area contributed by atoms with Gasteiger partial charge in [0.15, 0.2) is 5.82 Å². The standard InChI is InChI=1S/C20H14FN3O2S/c1-26-16-8-5-13(6-9-16)7-10-18-22-20-24(23-18)19(25)17(27-20)12-14-3-2-4-15(21)11-14/h2-12H,1H3/b10-7+,17-12+. The fourth-order valence-electron chi connectivity index (χ4n) is 2.55. The molecule has 0 radical (unpaired) electrons. The maximum absolute atomic E-state index is 13.3. The number of benzene rings is 2. The van der Waals surface area contributed by atoms with Gasteiger partial charge in [0.1, 0.15) is 11.6 Å². The van der Waals surface area contributed by atoms with Crippen molar-refractivity contribution < 1.29 is 9.13 Å². The second-order valence-corrected chi connectivity index (χ2v) is 6.75. The van der Waals surface area contributed by atoms with Crippen LogP contribution >= 0.6 is 11.3 Å². The molecule has 27 heavy (non-hydrogen) atoms. The van der Waals surface area contributed by atoms with Gasteiger partial charge in [0.25, 0.3) is 5.56 Å². The molecule has 7 heteroatoms. The number of rotatable bonds is 4. The van der Waals surface area contributed by atoms with E-state index in [2.05, 4.69) is 10.1 Å². The number of aromatic nitrogens is 3. The Bertz CT molecular complexity index is 1240. The predicted octanol–water partition coefficient (Wildman–Crippen LogP) is 3.02. The predicted molar refractivity (Wildman–Crippen MR) is 104 cm³/mol. The summed E-state index contributed by atoms with van der Waals surface area (Å²) >= 11 is 1.22. The molecule has 0 fully saturated rings. The maximum atomic E-state index is 13.3. The fraction of sp³-hybridized carbons (Fsp3) is 0.0500. The molecule has 2 aromatic heterocycles. The Morgan fingerprint density at radius 3 is 2.63 bits per heavy atom. The lowest BCUT2D eigenvalue weighted by atomic mass is 10.2. The van der Waals surface area contributed by atoms with E-state index in [1.165, 1.54) is 28.0 Å². The monoisotopic (exact) mass is 379 g/mol. The zero-order valence-electron chi connectivity index (χ0n) is 14.3. The number of nitrogens with zero attached hydrogens (tertiary/aromatic N) is 3. The van der Waals surface area contributed by atoms with Crippen molar-refractivity contribution in [3.8, 4) is 5.75 Å². The molecule has 0 bridgehead atoms. The Morgan fingerprint density at radius 1 is 1.11 bits per heavy atom. The van der Waals surface area contributed by atoms with Crippen LogP contribution in [-0.4, -0.2) is 21.7 Å². The summed E-state index contributed by atoms with van der Waals surface area (Å²) in [6, 6.07) is 13.6. The first kappa shape index (κ1) is 17.1. The summed E-state index contributed by atoms with van der Waals surface area (Å²) in [5, 5.41) is 4.24. The van der Waals surface area contributed by atoms with Gasteiger partial charge in [-0.1, -0.05) is 41.7 Å². The van der Waals surface area contributed by atoms with Gasteiger partial charge in [0.2, 0.25) is 4.96 Å². The quantitative estimate of drug-likeness (QED) is 0.547. The van der Waals surface area contributed by atoms with Crippen LogP contribution in [0.3, 0.4) is 0 Å². The number of methoxy groups -OCH3 is 1. The normalized spacial score (nSPS) is 12.3. The number of halogens is 1. The average molecular weight is 379 g/mol. The molecule has 0 unspecified atom stereocenters. The second-order valence-electron chi connectivity index (χ2n) is 5.74. The Balaban J connectivity index is 1.64. The van der Waals surface area contributed by atoms with E-state index in [-0.39, 0.29) is 11.4 Å². The number of fused-ring (bicyclic) bond motifs is 1. The van der Waals surface area contributed by atoms with Crippen LogP contribution in [-0.2, 0) is 0 Å². The highest BCUT2D eigenvalue weighted by Crippen LogP contribution is 2.13. The molecule has 0 saturated carbocycles. The highest BCUT2D eigenvalue weighted by Gasteiger charge is 2.08. The lowest BCUT2D eigenvalue weighted by Gasteiger charge is -1.98. The molecule has 0 aliphatic carbocycles. The van der Waals surface area contributed by atoms with Crippen molar-refractivity contribution in [3.63, 3.8) is 0 Å². The van der Waals surface area contributed by atoms with E-state index in [4.69, 9.17) is 4.74 Å². The molecular weight excluding hydrogens is 365 g/mol. The lowest BCUT2D eigenvalue weighted by molar-refractivity contribution is 0.415. The summed E-state index contributed by atoms with van der Waals surface area (Å²) in [4.78, 5) is 17.3. The molecule has 0 aliphatic rings. The first-order valence-electron chi connectivity index (χ1n) is 8.11. The van der Waals surface area contributed by atoms with Crippen molar-refractivity contribution in [2.75, 3.05) is 7.11 Å². The number of ether oxygens (including phenoxy) is 1. The van der Waals surface area contributed by atoms with Crippen LogP contribution in [0.1, 0.15) is 17.0 Å². The van der Waals surface area contributed by atoms with Crippen molar-refractivity contribution in [2.45, 2.75) is 0 Å². The molecular formula is C20H14FN3O2S. The molecule has 134 valence electrons. The van der Waals surface area contributed by atoms with Crippen molar-refractivity contribution in [1.29, 1.82) is 0 Å². The Morgan fingerprint density at radius 2 is 1.93 bits per heavy atom. The fourth-order valence-corrected chi connectivity index (χ4v) is 3.47. The Hall–Kier alpha value is -3.32. The van der Waals surface area contributed by atoms with Gasteiger partial charge in [0, 0.05) is 0 Å². The summed E-state index contributed by atoms with van der Waals surface area (Å²) < 4.78 is 20.1. The van der Waals surface area contributed by atoms with Crippen LogP contribution in [0.2, 0.25) is 0 Å². The highest BCUT2D eigenvalue weighted by atomic mass is 32.1. The molecule has 2 aromatic carbocycles. The largest absolute Gasteiger partial charge is 0.497 e. The van der Waals surface area contributed by atoms with Gasteiger partial charge in [-0.3, -0.25) is 4.79 Å². The van der Waals surface area contributed by atoms with Gasteiger partial charge >= 0.3 is 0 Å². The minimum absolute atomic E-state index is 0.268. The summed E-state index contributed by atoms with van der Waals surface area (Å²) in [6.07, 6.45) is 5.25. The lowest BCUT2D eigenvalue weighted by Crippen LogP contribution is -2.23. The average Bonchev–Trinajstić information content (AvgIpc) is 3.20. The van der Waals surface area contributed by atoms with Crippen LogP contribution in [0.15, 0.2) is 53.3 Å². The molecule has 0 aliphatic heterocycles. The topological polar surface area (TPSA) is 56.5 Å². The number of hydrogen-bond acceptors (Lipinski definition) is 5. The van der Waals surface area contributed by atoms with Gasteiger partial charge in [-0.05, 0) is 47.5 Å². The summed E-state index contributed by atoms with van der Waals surface area (Å²) in [6.45, 7) is 0. The minimum Gasteiger partial charge on any atom is -0.497 e. The van der Waals surface area contributed by atoms with Crippen LogP contribution < -0.4 is 14.8 Å². The molecule has 2 heterocycles. The Kier molecular flexibility index (Phi) is 4.52. The maximum Gasteiger partial charge on any atom is 0.291 e. The van der Waals surface area contributed by atoms with Crippen LogP contribution in [0.25, 0.3) is 23.2 Å².